The quantitative estimate of drug-likeness (QED) is 0.714. The van der Waals surface area contributed by atoms with Crippen molar-refractivity contribution in [3.63, 3.8) is 0 Å². The number of halogens is 1. The molecule has 0 aromatic heterocycles. The number of amides is 1. The lowest BCUT2D eigenvalue weighted by molar-refractivity contribution is 0.102. The van der Waals surface area contributed by atoms with Gasteiger partial charge in [0, 0.05) is 17.3 Å². The van der Waals surface area contributed by atoms with E-state index >= 15 is 0 Å². The molecule has 5 heteroatoms. The Balaban J connectivity index is 2.18. The van der Waals surface area contributed by atoms with E-state index in [9.17, 15) is 14.3 Å². The zero-order chi connectivity index (χ0) is 13.1. The summed E-state index contributed by atoms with van der Waals surface area (Å²) in [6.45, 7) is 0. The molecule has 0 unspecified atom stereocenters. The maximum Gasteiger partial charge on any atom is 0.255 e. The number of carbonyl (C=O) groups is 1. The summed E-state index contributed by atoms with van der Waals surface area (Å²) in [5.74, 6) is -1.80. The van der Waals surface area contributed by atoms with Crippen LogP contribution in [0.15, 0.2) is 42.5 Å². The van der Waals surface area contributed by atoms with Crippen molar-refractivity contribution in [3.8, 4) is 11.5 Å². The number of aromatic hydroxyl groups is 2. The fourth-order valence-electron chi connectivity index (χ4n) is 1.44. The molecule has 2 aromatic rings. The maximum atomic E-state index is 13.1. The second kappa shape index (κ2) is 4.75. The van der Waals surface area contributed by atoms with Crippen molar-refractivity contribution in [2.24, 2.45) is 0 Å². The highest BCUT2D eigenvalue weighted by molar-refractivity contribution is 6.04. The molecular formula is C13H10FNO3. The van der Waals surface area contributed by atoms with Gasteiger partial charge in [-0.1, -0.05) is 6.07 Å². The van der Waals surface area contributed by atoms with Crippen LogP contribution in [0.4, 0.5) is 10.1 Å². The fraction of sp³-hybridized carbons (Fsp3) is 0. The first-order valence-electron chi connectivity index (χ1n) is 5.15. The van der Waals surface area contributed by atoms with Crippen LogP contribution in [0.1, 0.15) is 10.4 Å². The van der Waals surface area contributed by atoms with Gasteiger partial charge in [-0.05, 0) is 30.3 Å². The molecule has 0 aliphatic carbocycles. The monoisotopic (exact) mass is 247 g/mol. The van der Waals surface area contributed by atoms with E-state index in [1.807, 2.05) is 0 Å². The smallest absolute Gasteiger partial charge is 0.255 e. The minimum absolute atomic E-state index is 0.0282. The summed E-state index contributed by atoms with van der Waals surface area (Å²) in [7, 11) is 0. The number of hydrogen-bond donors (Lipinski definition) is 3. The lowest BCUT2D eigenvalue weighted by atomic mass is 10.2. The number of phenols is 2. The van der Waals surface area contributed by atoms with Gasteiger partial charge in [-0.15, -0.1) is 0 Å². The Kier molecular flexibility index (Phi) is 3.14. The van der Waals surface area contributed by atoms with Crippen LogP contribution in [-0.2, 0) is 0 Å². The zero-order valence-corrected chi connectivity index (χ0v) is 9.22. The summed E-state index contributed by atoms with van der Waals surface area (Å²) < 4.78 is 13.1. The van der Waals surface area contributed by atoms with Crippen molar-refractivity contribution in [3.05, 3.63) is 53.8 Å². The highest BCUT2D eigenvalue weighted by atomic mass is 19.1. The summed E-state index contributed by atoms with van der Waals surface area (Å²) in [5.41, 5.74) is 0.474. The Morgan fingerprint density at radius 2 is 1.89 bits per heavy atom. The second-order valence-corrected chi connectivity index (χ2v) is 3.67. The van der Waals surface area contributed by atoms with Gasteiger partial charge in [-0.2, -0.15) is 0 Å². The highest BCUT2D eigenvalue weighted by Crippen LogP contribution is 2.20. The third-order valence-corrected chi connectivity index (χ3v) is 2.31. The average Bonchev–Trinajstić information content (AvgIpc) is 2.34. The van der Waals surface area contributed by atoms with Crippen molar-refractivity contribution in [1.82, 2.24) is 0 Å². The normalized spacial score (nSPS) is 10.1. The number of phenolic OH excluding ortho intramolecular Hbond substituents is 2. The SMILES string of the molecule is O=C(Nc1ccc(O)c(F)c1)c1cccc(O)c1. The van der Waals surface area contributed by atoms with Crippen molar-refractivity contribution < 1.29 is 19.4 Å². The molecule has 0 heterocycles. The van der Waals surface area contributed by atoms with E-state index in [1.165, 1.54) is 30.3 Å². The van der Waals surface area contributed by atoms with Crippen LogP contribution in [0.3, 0.4) is 0 Å². The standard InChI is InChI=1S/C13H10FNO3/c14-11-7-9(4-5-12(11)17)15-13(18)8-2-1-3-10(16)6-8/h1-7,16-17H,(H,15,18). The van der Waals surface area contributed by atoms with Gasteiger partial charge in [0.1, 0.15) is 5.75 Å². The van der Waals surface area contributed by atoms with Crippen LogP contribution < -0.4 is 5.32 Å². The van der Waals surface area contributed by atoms with Crippen molar-refractivity contribution in [2.75, 3.05) is 5.32 Å². The number of rotatable bonds is 2. The van der Waals surface area contributed by atoms with Crippen LogP contribution in [0, 0.1) is 5.82 Å². The van der Waals surface area contributed by atoms with E-state index in [0.29, 0.717) is 0 Å². The summed E-state index contributed by atoms with van der Waals surface area (Å²) >= 11 is 0. The minimum Gasteiger partial charge on any atom is -0.508 e. The fourth-order valence-corrected chi connectivity index (χ4v) is 1.44. The van der Waals surface area contributed by atoms with Gasteiger partial charge < -0.3 is 15.5 Å². The number of carbonyl (C=O) groups excluding carboxylic acids is 1. The van der Waals surface area contributed by atoms with Crippen LogP contribution in [-0.4, -0.2) is 16.1 Å². The molecule has 0 fully saturated rings. The molecule has 1 amide bonds. The van der Waals surface area contributed by atoms with Crippen molar-refractivity contribution in [2.45, 2.75) is 0 Å². The van der Waals surface area contributed by atoms with Crippen molar-refractivity contribution in [1.29, 1.82) is 0 Å². The Hall–Kier alpha value is -2.56. The molecule has 92 valence electrons. The molecule has 4 nitrogen and oxygen atoms in total. The molecule has 0 saturated heterocycles. The predicted octanol–water partition coefficient (Wildman–Crippen LogP) is 2.49. The lowest BCUT2D eigenvalue weighted by Crippen LogP contribution is -2.11. The number of hydrogen-bond acceptors (Lipinski definition) is 3. The molecule has 0 saturated carbocycles. The van der Waals surface area contributed by atoms with E-state index in [-0.39, 0.29) is 17.0 Å². The summed E-state index contributed by atoms with van der Waals surface area (Å²) in [6, 6.07) is 9.32. The maximum absolute atomic E-state index is 13.1. The van der Waals surface area contributed by atoms with Gasteiger partial charge in [-0.3, -0.25) is 4.79 Å². The Labute approximate surface area is 102 Å². The summed E-state index contributed by atoms with van der Waals surface area (Å²) in [5, 5.41) is 20.7. The van der Waals surface area contributed by atoms with E-state index in [1.54, 1.807) is 0 Å². The van der Waals surface area contributed by atoms with Gasteiger partial charge in [0.2, 0.25) is 0 Å². The molecule has 2 rings (SSSR count). The highest BCUT2D eigenvalue weighted by Gasteiger charge is 2.08. The number of nitrogens with one attached hydrogen (secondary N) is 1. The molecule has 0 radical (unpaired) electrons. The molecule has 3 N–H and O–H groups in total. The third kappa shape index (κ3) is 2.57. The molecule has 0 atom stereocenters. The number of benzene rings is 2. The van der Waals surface area contributed by atoms with Gasteiger partial charge in [-0.25, -0.2) is 4.39 Å². The molecule has 2 aromatic carbocycles. The van der Waals surface area contributed by atoms with E-state index in [4.69, 9.17) is 5.11 Å². The van der Waals surface area contributed by atoms with Gasteiger partial charge in [0.25, 0.3) is 5.91 Å². The first-order chi connectivity index (χ1) is 8.56. The molecule has 0 aliphatic rings. The first kappa shape index (κ1) is 11.9. The molecular weight excluding hydrogens is 237 g/mol. The minimum atomic E-state index is -0.816. The van der Waals surface area contributed by atoms with Crippen LogP contribution >= 0.6 is 0 Å². The van der Waals surface area contributed by atoms with Crippen LogP contribution in [0.5, 0.6) is 11.5 Å². The van der Waals surface area contributed by atoms with Gasteiger partial charge >= 0.3 is 0 Å². The molecule has 0 bridgehead atoms. The molecule has 0 aliphatic heterocycles. The Morgan fingerprint density at radius 3 is 2.56 bits per heavy atom. The van der Waals surface area contributed by atoms with E-state index < -0.39 is 17.5 Å². The molecule has 18 heavy (non-hydrogen) atoms. The zero-order valence-electron chi connectivity index (χ0n) is 9.22. The Bertz CT molecular complexity index is 599. The molecule has 0 spiro atoms. The van der Waals surface area contributed by atoms with Crippen LogP contribution in [0.2, 0.25) is 0 Å². The van der Waals surface area contributed by atoms with E-state index in [0.717, 1.165) is 12.1 Å². The predicted molar refractivity (Wildman–Crippen MR) is 64.1 cm³/mol. The number of anilines is 1. The largest absolute Gasteiger partial charge is 0.508 e. The lowest BCUT2D eigenvalue weighted by Gasteiger charge is -2.06. The van der Waals surface area contributed by atoms with Crippen molar-refractivity contribution >= 4 is 11.6 Å². The first-order valence-corrected chi connectivity index (χ1v) is 5.15. The summed E-state index contributed by atoms with van der Waals surface area (Å²) in [4.78, 5) is 11.8. The van der Waals surface area contributed by atoms with Gasteiger partial charge in [0.05, 0.1) is 0 Å². The second-order valence-electron chi connectivity index (χ2n) is 3.67. The van der Waals surface area contributed by atoms with Crippen LogP contribution in [0.25, 0.3) is 0 Å². The topological polar surface area (TPSA) is 69.6 Å². The summed E-state index contributed by atoms with van der Waals surface area (Å²) in [6.07, 6.45) is 0. The van der Waals surface area contributed by atoms with E-state index in [2.05, 4.69) is 5.32 Å². The Morgan fingerprint density at radius 1 is 1.11 bits per heavy atom. The van der Waals surface area contributed by atoms with Gasteiger partial charge in [0.15, 0.2) is 11.6 Å². The third-order valence-electron chi connectivity index (χ3n) is 2.31. The average molecular weight is 247 g/mol.